The highest BCUT2D eigenvalue weighted by Gasteiger charge is 2.35. The van der Waals surface area contributed by atoms with Crippen LogP contribution >= 0.6 is 0 Å². The molecule has 2 fully saturated rings. The van der Waals surface area contributed by atoms with Gasteiger partial charge >= 0.3 is 0 Å². The second kappa shape index (κ2) is 8.50. The summed E-state index contributed by atoms with van der Waals surface area (Å²) in [5, 5.41) is 2.77. The maximum absolute atomic E-state index is 12.7. The first kappa shape index (κ1) is 20.5. The van der Waals surface area contributed by atoms with Crippen LogP contribution in [0.1, 0.15) is 6.42 Å². The van der Waals surface area contributed by atoms with Gasteiger partial charge < -0.3 is 15.0 Å². The average molecular weight is 430 g/mol. The van der Waals surface area contributed by atoms with E-state index >= 15 is 0 Å². The van der Waals surface area contributed by atoms with E-state index in [1.54, 1.807) is 36.7 Å². The van der Waals surface area contributed by atoms with Gasteiger partial charge in [-0.25, -0.2) is 8.42 Å². The molecule has 4 rings (SSSR count). The van der Waals surface area contributed by atoms with E-state index in [0.717, 1.165) is 0 Å². The molecule has 1 aromatic heterocycles. The summed E-state index contributed by atoms with van der Waals surface area (Å²) in [6.07, 6.45) is 3.25. The molecule has 0 spiro atoms. The standard InChI is InChI=1S/C20H22N4O5S/c25-19-12-15(20(26)22-16-2-1-7-21-13-16)14-24(19)17-3-5-18(6-4-17)30(27,28)23-8-10-29-11-9-23/h1-7,13,15H,8-12,14H2,(H,22,26)/t15-/m0/s1. The van der Waals surface area contributed by atoms with Crippen molar-refractivity contribution in [2.45, 2.75) is 11.3 Å². The fraction of sp³-hybridized carbons (Fsp3) is 0.350. The third-order valence-corrected chi connectivity index (χ3v) is 7.09. The number of aromatic nitrogens is 1. The number of ether oxygens (including phenoxy) is 1. The number of pyridine rings is 1. The van der Waals surface area contributed by atoms with E-state index in [1.165, 1.54) is 21.3 Å². The number of rotatable bonds is 5. The maximum atomic E-state index is 12.7. The number of sulfonamides is 1. The van der Waals surface area contributed by atoms with Gasteiger partial charge in [0.15, 0.2) is 0 Å². The Hall–Kier alpha value is -2.82. The zero-order valence-corrected chi connectivity index (χ0v) is 17.0. The molecule has 2 amide bonds. The van der Waals surface area contributed by atoms with Crippen molar-refractivity contribution in [2.24, 2.45) is 5.92 Å². The summed E-state index contributed by atoms with van der Waals surface area (Å²) in [7, 11) is -3.59. The summed E-state index contributed by atoms with van der Waals surface area (Å²) in [4.78, 5) is 30.6. The molecule has 1 N–H and O–H groups in total. The van der Waals surface area contributed by atoms with Crippen molar-refractivity contribution in [3.63, 3.8) is 0 Å². The fourth-order valence-electron chi connectivity index (χ4n) is 3.55. The average Bonchev–Trinajstić information content (AvgIpc) is 3.17. The first-order chi connectivity index (χ1) is 14.4. The number of amides is 2. The van der Waals surface area contributed by atoms with E-state index in [2.05, 4.69) is 10.3 Å². The predicted molar refractivity (Wildman–Crippen MR) is 109 cm³/mol. The van der Waals surface area contributed by atoms with Crippen LogP contribution in [0.5, 0.6) is 0 Å². The Morgan fingerprint density at radius 2 is 1.87 bits per heavy atom. The van der Waals surface area contributed by atoms with Gasteiger partial charge in [0.25, 0.3) is 0 Å². The third kappa shape index (κ3) is 4.20. The minimum atomic E-state index is -3.59. The number of nitrogens with zero attached hydrogens (tertiary/aromatic N) is 3. The van der Waals surface area contributed by atoms with Crippen LogP contribution in [0.15, 0.2) is 53.7 Å². The summed E-state index contributed by atoms with van der Waals surface area (Å²) >= 11 is 0. The molecule has 10 heteroatoms. The van der Waals surface area contributed by atoms with Crippen molar-refractivity contribution >= 4 is 33.2 Å². The Balaban J connectivity index is 1.44. The van der Waals surface area contributed by atoms with E-state index in [9.17, 15) is 18.0 Å². The number of carbonyl (C=O) groups is 2. The maximum Gasteiger partial charge on any atom is 0.243 e. The molecule has 1 atom stereocenters. The van der Waals surface area contributed by atoms with Crippen LogP contribution in [0.2, 0.25) is 0 Å². The summed E-state index contributed by atoms with van der Waals surface area (Å²) < 4.78 is 32.1. The summed E-state index contributed by atoms with van der Waals surface area (Å²) in [5.74, 6) is -0.912. The lowest BCUT2D eigenvalue weighted by molar-refractivity contribution is -0.122. The summed E-state index contributed by atoms with van der Waals surface area (Å²) in [5.41, 5.74) is 1.14. The van der Waals surface area contributed by atoms with Gasteiger partial charge in [-0.05, 0) is 36.4 Å². The van der Waals surface area contributed by atoms with Crippen LogP contribution in [0.3, 0.4) is 0 Å². The zero-order chi connectivity index (χ0) is 21.1. The second-order valence-electron chi connectivity index (χ2n) is 7.15. The molecule has 0 saturated carbocycles. The summed E-state index contributed by atoms with van der Waals surface area (Å²) in [6, 6.07) is 9.65. The highest BCUT2D eigenvalue weighted by atomic mass is 32.2. The Morgan fingerprint density at radius 3 is 2.53 bits per heavy atom. The molecule has 9 nitrogen and oxygen atoms in total. The lowest BCUT2D eigenvalue weighted by Crippen LogP contribution is -2.40. The molecule has 0 aliphatic carbocycles. The largest absolute Gasteiger partial charge is 0.379 e. The Labute approximate surface area is 174 Å². The lowest BCUT2D eigenvalue weighted by atomic mass is 10.1. The fourth-order valence-corrected chi connectivity index (χ4v) is 4.96. The van der Waals surface area contributed by atoms with Crippen LogP contribution in [0.4, 0.5) is 11.4 Å². The number of nitrogens with one attached hydrogen (secondary N) is 1. The first-order valence-electron chi connectivity index (χ1n) is 9.64. The number of hydrogen-bond donors (Lipinski definition) is 1. The van der Waals surface area contributed by atoms with E-state index in [-0.39, 0.29) is 29.7 Å². The molecule has 0 radical (unpaired) electrons. The SMILES string of the molecule is O=C(Nc1cccnc1)[C@H]1CC(=O)N(c2ccc(S(=O)(=O)N3CCOCC3)cc2)C1. The number of carbonyl (C=O) groups excluding carboxylic acids is 2. The van der Waals surface area contributed by atoms with Gasteiger partial charge in [0.2, 0.25) is 21.8 Å². The van der Waals surface area contributed by atoms with E-state index < -0.39 is 15.9 Å². The molecular weight excluding hydrogens is 408 g/mol. The van der Waals surface area contributed by atoms with Crippen molar-refractivity contribution in [3.8, 4) is 0 Å². The highest BCUT2D eigenvalue weighted by Crippen LogP contribution is 2.28. The van der Waals surface area contributed by atoms with Gasteiger partial charge in [0.05, 0.1) is 35.9 Å². The minimum absolute atomic E-state index is 0.0971. The molecule has 0 unspecified atom stereocenters. The van der Waals surface area contributed by atoms with Gasteiger partial charge in [-0.1, -0.05) is 0 Å². The molecule has 0 bridgehead atoms. The normalized spacial score (nSPS) is 20.3. The Kier molecular flexibility index (Phi) is 5.80. The Bertz CT molecular complexity index is 1020. The van der Waals surface area contributed by atoms with E-state index in [1.807, 2.05) is 0 Å². The highest BCUT2D eigenvalue weighted by molar-refractivity contribution is 7.89. The van der Waals surface area contributed by atoms with Gasteiger partial charge in [-0.3, -0.25) is 14.6 Å². The number of hydrogen-bond acceptors (Lipinski definition) is 6. The zero-order valence-electron chi connectivity index (χ0n) is 16.2. The molecule has 2 aliphatic heterocycles. The third-order valence-electron chi connectivity index (χ3n) is 5.18. The topological polar surface area (TPSA) is 109 Å². The van der Waals surface area contributed by atoms with E-state index in [0.29, 0.717) is 37.7 Å². The van der Waals surface area contributed by atoms with Crippen molar-refractivity contribution in [3.05, 3.63) is 48.8 Å². The predicted octanol–water partition coefficient (Wildman–Crippen LogP) is 1.09. The number of morpholine rings is 1. The van der Waals surface area contributed by atoms with Crippen LogP contribution in [-0.4, -0.2) is 62.4 Å². The summed E-state index contributed by atoms with van der Waals surface area (Å²) in [6.45, 7) is 1.63. The minimum Gasteiger partial charge on any atom is -0.379 e. The van der Waals surface area contributed by atoms with Crippen molar-refractivity contribution in [2.75, 3.05) is 43.1 Å². The van der Waals surface area contributed by atoms with Gasteiger partial charge in [0.1, 0.15) is 0 Å². The number of benzene rings is 1. The quantitative estimate of drug-likeness (QED) is 0.761. The molecule has 2 aromatic rings. The van der Waals surface area contributed by atoms with Crippen LogP contribution in [0, 0.1) is 5.92 Å². The molecule has 30 heavy (non-hydrogen) atoms. The van der Waals surface area contributed by atoms with Crippen LogP contribution in [-0.2, 0) is 24.3 Å². The van der Waals surface area contributed by atoms with Crippen molar-refractivity contribution in [1.82, 2.24) is 9.29 Å². The Morgan fingerprint density at radius 1 is 1.13 bits per heavy atom. The molecule has 2 aliphatic rings. The monoisotopic (exact) mass is 430 g/mol. The molecule has 3 heterocycles. The van der Waals surface area contributed by atoms with Gasteiger partial charge in [0, 0.05) is 37.9 Å². The van der Waals surface area contributed by atoms with Gasteiger partial charge in [-0.2, -0.15) is 4.31 Å². The molecular formula is C20H22N4O5S. The molecule has 1 aromatic carbocycles. The smallest absolute Gasteiger partial charge is 0.243 e. The van der Waals surface area contributed by atoms with Crippen LogP contribution in [0.25, 0.3) is 0 Å². The van der Waals surface area contributed by atoms with E-state index in [4.69, 9.17) is 4.74 Å². The van der Waals surface area contributed by atoms with Gasteiger partial charge in [-0.15, -0.1) is 0 Å². The molecule has 158 valence electrons. The van der Waals surface area contributed by atoms with Crippen molar-refractivity contribution < 1.29 is 22.7 Å². The molecule has 2 saturated heterocycles. The van der Waals surface area contributed by atoms with Crippen molar-refractivity contribution in [1.29, 1.82) is 0 Å². The lowest BCUT2D eigenvalue weighted by Gasteiger charge is -2.26. The first-order valence-corrected chi connectivity index (χ1v) is 11.1. The number of anilines is 2. The second-order valence-corrected chi connectivity index (χ2v) is 9.08. The van der Waals surface area contributed by atoms with Crippen LogP contribution < -0.4 is 10.2 Å².